The normalized spacial score (nSPS) is 37.2. The molecule has 0 aromatic heterocycles. The van der Waals surface area contributed by atoms with E-state index in [1.165, 1.54) is 6.42 Å². The molecule has 0 bridgehead atoms. The summed E-state index contributed by atoms with van der Waals surface area (Å²) in [5, 5.41) is 3.57. The van der Waals surface area contributed by atoms with Crippen molar-refractivity contribution in [1.29, 1.82) is 0 Å². The summed E-state index contributed by atoms with van der Waals surface area (Å²) in [4.78, 5) is 4.99. The molecule has 3 atom stereocenters. The van der Waals surface area contributed by atoms with Gasteiger partial charge in [0.25, 0.3) is 0 Å². The van der Waals surface area contributed by atoms with Crippen LogP contribution in [0.25, 0.3) is 0 Å². The molecule has 17 heavy (non-hydrogen) atoms. The number of ether oxygens (including phenoxy) is 1. The van der Waals surface area contributed by atoms with Crippen molar-refractivity contribution in [1.82, 2.24) is 15.1 Å². The lowest BCUT2D eigenvalue weighted by molar-refractivity contribution is -0.0462. The van der Waals surface area contributed by atoms with E-state index < -0.39 is 0 Å². The van der Waals surface area contributed by atoms with Crippen LogP contribution >= 0.6 is 0 Å². The van der Waals surface area contributed by atoms with Crippen molar-refractivity contribution in [3.05, 3.63) is 0 Å². The highest BCUT2D eigenvalue weighted by Crippen LogP contribution is 2.13. The molecule has 2 aliphatic heterocycles. The largest absolute Gasteiger partial charge is 0.374 e. The van der Waals surface area contributed by atoms with Gasteiger partial charge in [0.2, 0.25) is 0 Å². The van der Waals surface area contributed by atoms with E-state index in [0.717, 1.165) is 39.3 Å². The standard InChI is InChI=1S/C13H27N3O/c1-4-12-7-14-11(2)8-16(12)10-13-9-15(3)5-6-17-13/h11-14H,4-10H2,1-3H3. The van der Waals surface area contributed by atoms with Gasteiger partial charge in [-0.3, -0.25) is 4.90 Å². The van der Waals surface area contributed by atoms with E-state index >= 15 is 0 Å². The second-order valence-corrected chi connectivity index (χ2v) is 5.58. The molecule has 2 aliphatic rings. The summed E-state index contributed by atoms with van der Waals surface area (Å²) in [6.45, 7) is 11.0. The molecule has 0 aliphatic carbocycles. The van der Waals surface area contributed by atoms with E-state index in [0.29, 0.717) is 18.2 Å². The quantitative estimate of drug-likeness (QED) is 0.773. The Balaban J connectivity index is 1.86. The van der Waals surface area contributed by atoms with Gasteiger partial charge in [0.1, 0.15) is 0 Å². The molecule has 1 N–H and O–H groups in total. The van der Waals surface area contributed by atoms with Gasteiger partial charge in [-0.15, -0.1) is 0 Å². The highest BCUT2D eigenvalue weighted by Gasteiger charge is 2.28. The zero-order chi connectivity index (χ0) is 12.3. The highest BCUT2D eigenvalue weighted by atomic mass is 16.5. The van der Waals surface area contributed by atoms with Gasteiger partial charge in [-0.25, -0.2) is 0 Å². The Hall–Kier alpha value is -0.160. The van der Waals surface area contributed by atoms with Gasteiger partial charge in [0.15, 0.2) is 0 Å². The second-order valence-electron chi connectivity index (χ2n) is 5.58. The third-order valence-electron chi connectivity index (χ3n) is 3.98. The van der Waals surface area contributed by atoms with Crippen LogP contribution in [0.2, 0.25) is 0 Å². The lowest BCUT2D eigenvalue weighted by Gasteiger charge is -2.42. The Labute approximate surface area is 105 Å². The van der Waals surface area contributed by atoms with E-state index in [1.807, 2.05) is 0 Å². The third kappa shape index (κ3) is 3.65. The first kappa shape index (κ1) is 13.3. The molecular weight excluding hydrogens is 214 g/mol. The molecule has 4 heteroatoms. The van der Waals surface area contributed by atoms with Crippen molar-refractivity contribution >= 4 is 0 Å². The number of rotatable bonds is 3. The number of hydrogen-bond donors (Lipinski definition) is 1. The molecule has 2 rings (SSSR count). The monoisotopic (exact) mass is 241 g/mol. The average molecular weight is 241 g/mol. The third-order valence-corrected chi connectivity index (χ3v) is 3.98. The zero-order valence-electron chi connectivity index (χ0n) is 11.5. The maximum absolute atomic E-state index is 5.88. The maximum atomic E-state index is 5.88. The molecular formula is C13H27N3O. The minimum absolute atomic E-state index is 0.396. The van der Waals surface area contributed by atoms with E-state index in [9.17, 15) is 0 Å². The van der Waals surface area contributed by atoms with E-state index in [-0.39, 0.29) is 0 Å². The van der Waals surface area contributed by atoms with Crippen LogP contribution in [0.1, 0.15) is 20.3 Å². The van der Waals surface area contributed by atoms with Gasteiger partial charge in [-0.05, 0) is 20.4 Å². The first-order chi connectivity index (χ1) is 8.19. The molecule has 3 unspecified atom stereocenters. The van der Waals surface area contributed by atoms with E-state index in [4.69, 9.17) is 4.74 Å². The van der Waals surface area contributed by atoms with Crippen LogP contribution in [0.15, 0.2) is 0 Å². The average Bonchev–Trinajstić information content (AvgIpc) is 2.29. The fraction of sp³-hybridized carbons (Fsp3) is 1.00. The van der Waals surface area contributed by atoms with Crippen molar-refractivity contribution in [2.75, 3.05) is 46.4 Å². The summed E-state index contributed by atoms with van der Waals surface area (Å²) in [6, 6.07) is 1.29. The van der Waals surface area contributed by atoms with Crippen LogP contribution in [0.4, 0.5) is 0 Å². The molecule has 100 valence electrons. The second kappa shape index (κ2) is 6.14. The number of morpholine rings is 1. The van der Waals surface area contributed by atoms with Gasteiger partial charge in [0, 0.05) is 44.8 Å². The number of piperazine rings is 1. The predicted molar refractivity (Wildman–Crippen MR) is 70.4 cm³/mol. The molecule has 0 aromatic carbocycles. The zero-order valence-corrected chi connectivity index (χ0v) is 11.5. The van der Waals surface area contributed by atoms with Crippen molar-refractivity contribution < 1.29 is 4.74 Å². The van der Waals surface area contributed by atoms with Crippen LogP contribution < -0.4 is 5.32 Å². The summed E-state index contributed by atoms with van der Waals surface area (Å²) in [5.74, 6) is 0. The minimum atomic E-state index is 0.396. The predicted octanol–water partition coefficient (Wildman–Crippen LogP) is 0.389. The SMILES string of the molecule is CCC1CNC(C)CN1CC1CN(C)CCO1. The Morgan fingerprint density at radius 2 is 2.18 bits per heavy atom. The lowest BCUT2D eigenvalue weighted by atomic mass is 10.1. The maximum Gasteiger partial charge on any atom is 0.0829 e. The van der Waals surface area contributed by atoms with Crippen molar-refractivity contribution in [2.24, 2.45) is 0 Å². The number of nitrogens with one attached hydrogen (secondary N) is 1. The highest BCUT2D eigenvalue weighted by molar-refractivity contribution is 4.86. The summed E-state index contributed by atoms with van der Waals surface area (Å²) < 4.78 is 5.88. The molecule has 0 radical (unpaired) electrons. The summed E-state index contributed by atoms with van der Waals surface area (Å²) >= 11 is 0. The van der Waals surface area contributed by atoms with Gasteiger partial charge < -0.3 is 15.0 Å². The smallest absolute Gasteiger partial charge is 0.0829 e. The number of hydrogen-bond acceptors (Lipinski definition) is 4. The Morgan fingerprint density at radius 1 is 1.35 bits per heavy atom. The molecule has 2 fully saturated rings. The van der Waals surface area contributed by atoms with Crippen molar-refractivity contribution in [2.45, 2.75) is 38.5 Å². The Kier molecular flexibility index (Phi) is 4.79. The van der Waals surface area contributed by atoms with Gasteiger partial charge in [0.05, 0.1) is 12.7 Å². The minimum Gasteiger partial charge on any atom is -0.374 e. The van der Waals surface area contributed by atoms with Gasteiger partial charge in [-0.1, -0.05) is 6.92 Å². The molecule has 0 amide bonds. The fourth-order valence-electron chi connectivity index (χ4n) is 2.90. The molecule has 2 heterocycles. The lowest BCUT2D eigenvalue weighted by Crippen LogP contribution is -2.58. The van der Waals surface area contributed by atoms with Crippen LogP contribution in [0.3, 0.4) is 0 Å². The van der Waals surface area contributed by atoms with E-state index in [1.54, 1.807) is 0 Å². The van der Waals surface area contributed by atoms with Gasteiger partial charge >= 0.3 is 0 Å². The molecule has 2 saturated heterocycles. The summed E-state index contributed by atoms with van der Waals surface area (Å²) in [7, 11) is 2.19. The van der Waals surface area contributed by atoms with Crippen LogP contribution in [0, 0.1) is 0 Å². The Morgan fingerprint density at radius 3 is 2.88 bits per heavy atom. The van der Waals surface area contributed by atoms with Crippen LogP contribution in [-0.4, -0.2) is 74.4 Å². The first-order valence-corrected chi connectivity index (χ1v) is 6.96. The molecule has 0 aromatic rings. The summed E-state index contributed by atoms with van der Waals surface area (Å²) in [5.41, 5.74) is 0. The van der Waals surface area contributed by atoms with Gasteiger partial charge in [-0.2, -0.15) is 0 Å². The van der Waals surface area contributed by atoms with Crippen LogP contribution in [-0.2, 0) is 4.74 Å². The molecule has 0 spiro atoms. The number of likely N-dealkylation sites (N-methyl/N-ethyl adjacent to an activating group) is 1. The molecule has 4 nitrogen and oxygen atoms in total. The molecule has 0 saturated carbocycles. The van der Waals surface area contributed by atoms with Crippen LogP contribution in [0.5, 0.6) is 0 Å². The van der Waals surface area contributed by atoms with Crippen molar-refractivity contribution in [3.8, 4) is 0 Å². The van der Waals surface area contributed by atoms with E-state index in [2.05, 4.69) is 36.0 Å². The topological polar surface area (TPSA) is 27.7 Å². The fourth-order valence-corrected chi connectivity index (χ4v) is 2.90. The van der Waals surface area contributed by atoms with Crippen molar-refractivity contribution in [3.63, 3.8) is 0 Å². The summed E-state index contributed by atoms with van der Waals surface area (Å²) in [6.07, 6.45) is 1.62. The number of nitrogens with zero attached hydrogens (tertiary/aromatic N) is 2. The first-order valence-electron chi connectivity index (χ1n) is 6.96. The Bertz CT molecular complexity index is 237.